The Hall–Kier alpha value is -1.39. The number of carbonyl (C=O) groups excluding carboxylic acids is 1. The maximum absolute atomic E-state index is 12.8. The van der Waals surface area contributed by atoms with Crippen LogP contribution in [-0.4, -0.2) is 42.6 Å². The zero-order chi connectivity index (χ0) is 14.9. The summed E-state index contributed by atoms with van der Waals surface area (Å²) in [6.45, 7) is 4.41. The number of amides is 1. The number of fused-ring (bicyclic) bond motifs is 1. The van der Waals surface area contributed by atoms with Crippen molar-refractivity contribution in [3.63, 3.8) is 0 Å². The predicted octanol–water partition coefficient (Wildman–Crippen LogP) is 1.73. The molecule has 1 saturated heterocycles. The lowest BCUT2D eigenvalue weighted by Gasteiger charge is -2.41. The Morgan fingerprint density at radius 2 is 2.14 bits per heavy atom. The van der Waals surface area contributed by atoms with Crippen LogP contribution in [0.4, 0.5) is 0 Å². The van der Waals surface area contributed by atoms with E-state index in [1.54, 1.807) is 7.11 Å². The Bertz CT molecular complexity index is 531. The molecule has 1 amide bonds. The van der Waals surface area contributed by atoms with Crippen LogP contribution < -0.4 is 5.32 Å². The summed E-state index contributed by atoms with van der Waals surface area (Å²) in [7, 11) is 1.74. The smallest absolute Gasteiger partial charge is 0.240 e. The first kappa shape index (κ1) is 14.5. The molecule has 21 heavy (non-hydrogen) atoms. The molecule has 114 valence electrons. The Balaban J connectivity index is 1.69. The summed E-state index contributed by atoms with van der Waals surface area (Å²) in [5, 5.41) is 3.39. The number of hydrogen-bond acceptors (Lipinski definition) is 3. The zero-order valence-electron chi connectivity index (χ0n) is 12.9. The lowest BCUT2D eigenvalue weighted by atomic mass is 9.92. The van der Waals surface area contributed by atoms with Crippen molar-refractivity contribution in [3.05, 3.63) is 35.4 Å². The Labute approximate surface area is 126 Å². The number of rotatable bonds is 2. The van der Waals surface area contributed by atoms with Gasteiger partial charge in [-0.25, -0.2) is 0 Å². The van der Waals surface area contributed by atoms with Gasteiger partial charge in [-0.1, -0.05) is 24.3 Å². The van der Waals surface area contributed by atoms with Crippen molar-refractivity contribution in [1.29, 1.82) is 0 Å². The highest BCUT2D eigenvalue weighted by atomic mass is 16.5. The number of ether oxygens (including phenoxy) is 1. The van der Waals surface area contributed by atoms with E-state index < -0.39 is 0 Å². The van der Waals surface area contributed by atoms with Gasteiger partial charge in [0.1, 0.15) is 0 Å². The van der Waals surface area contributed by atoms with Crippen LogP contribution >= 0.6 is 0 Å². The summed E-state index contributed by atoms with van der Waals surface area (Å²) in [6, 6.07) is 8.27. The van der Waals surface area contributed by atoms with Gasteiger partial charge < -0.3 is 15.0 Å². The average Bonchev–Trinajstić information content (AvgIpc) is 2.54. The van der Waals surface area contributed by atoms with E-state index in [4.69, 9.17) is 4.74 Å². The molecule has 4 nitrogen and oxygen atoms in total. The lowest BCUT2D eigenvalue weighted by molar-refractivity contribution is -0.141. The van der Waals surface area contributed by atoms with Gasteiger partial charge in [-0.15, -0.1) is 0 Å². The van der Waals surface area contributed by atoms with Gasteiger partial charge in [0.25, 0.3) is 0 Å². The quantitative estimate of drug-likeness (QED) is 0.901. The van der Waals surface area contributed by atoms with E-state index in [0.29, 0.717) is 6.54 Å². The van der Waals surface area contributed by atoms with E-state index >= 15 is 0 Å². The van der Waals surface area contributed by atoms with Gasteiger partial charge >= 0.3 is 0 Å². The van der Waals surface area contributed by atoms with E-state index in [1.807, 2.05) is 4.90 Å². The van der Waals surface area contributed by atoms with Gasteiger partial charge in [0.15, 0.2) is 0 Å². The second-order valence-corrected chi connectivity index (χ2v) is 6.42. The predicted molar refractivity (Wildman–Crippen MR) is 82.0 cm³/mol. The lowest BCUT2D eigenvalue weighted by Crippen LogP contribution is -2.56. The van der Waals surface area contributed by atoms with Gasteiger partial charge in [-0.05, 0) is 37.3 Å². The third-order valence-electron chi connectivity index (χ3n) is 4.84. The number of methoxy groups -OCH3 is 1. The minimum atomic E-state index is -0.194. The number of nitrogens with zero attached hydrogens (tertiary/aromatic N) is 1. The molecule has 1 aromatic carbocycles. The molecule has 0 aromatic heterocycles. The zero-order valence-corrected chi connectivity index (χ0v) is 12.9. The minimum absolute atomic E-state index is 0.0980. The van der Waals surface area contributed by atoms with Crippen molar-refractivity contribution in [2.45, 2.75) is 44.4 Å². The third-order valence-corrected chi connectivity index (χ3v) is 4.84. The van der Waals surface area contributed by atoms with Crippen LogP contribution in [-0.2, 0) is 22.5 Å². The summed E-state index contributed by atoms with van der Waals surface area (Å²) < 4.78 is 5.59. The average molecular weight is 288 g/mol. The van der Waals surface area contributed by atoms with E-state index in [-0.39, 0.29) is 17.6 Å². The molecule has 2 atom stereocenters. The normalized spacial score (nSPS) is 29.0. The molecule has 3 rings (SSSR count). The number of piperidine rings is 1. The van der Waals surface area contributed by atoms with Crippen molar-refractivity contribution in [3.8, 4) is 0 Å². The topological polar surface area (TPSA) is 41.6 Å². The Kier molecular flexibility index (Phi) is 4.00. The summed E-state index contributed by atoms with van der Waals surface area (Å²) in [5.41, 5.74) is 2.41. The highest BCUT2D eigenvalue weighted by Gasteiger charge is 2.36. The maximum Gasteiger partial charge on any atom is 0.240 e. The number of carbonyl (C=O) groups is 1. The van der Waals surface area contributed by atoms with E-state index in [1.165, 1.54) is 11.1 Å². The number of benzene rings is 1. The largest absolute Gasteiger partial charge is 0.377 e. The molecule has 1 fully saturated rings. The molecule has 0 aliphatic carbocycles. The maximum atomic E-state index is 12.8. The molecule has 2 aliphatic rings. The van der Waals surface area contributed by atoms with Crippen molar-refractivity contribution >= 4 is 5.91 Å². The number of likely N-dealkylation sites (tertiary alicyclic amines) is 1. The summed E-state index contributed by atoms with van der Waals surface area (Å²) in [6.07, 6.45) is 2.82. The standard InChI is InChI=1S/C17H24N2O2/c1-17(21-2)8-5-9-19(12-17)16(20)15-10-13-6-3-4-7-14(13)11-18-15/h3-4,6-7,15,18H,5,8-12H2,1-2H3. The molecule has 0 radical (unpaired) electrons. The van der Waals surface area contributed by atoms with Crippen molar-refractivity contribution < 1.29 is 9.53 Å². The van der Waals surface area contributed by atoms with Gasteiger partial charge in [-0.3, -0.25) is 4.79 Å². The van der Waals surface area contributed by atoms with Crippen LogP contribution in [0.25, 0.3) is 0 Å². The number of hydrogen-bond donors (Lipinski definition) is 1. The monoisotopic (exact) mass is 288 g/mol. The molecule has 0 spiro atoms. The first-order valence-electron chi connectivity index (χ1n) is 7.75. The molecule has 2 aliphatic heterocycles. The molecule has 1 aromatic rings. The van der Waals surface area contributed by atoms with Gasteiger partial charge in [0, 0.05) is 26.7 Å². The molecule has 0 saturated carbocycles. The Morgan fingerprint density at radius 1 is 1.38 bits per heavy atom. The second kappa shape index (κ2) is 5.78. The molecule has 4 heteroatoms. The van der Waals surface area contributed by atoms with E-state index in [9.17, 15) is 4.79 Å². The summed E-state index contributed by atoms with van der Waals surface area (Å²) in [5.74, 6) is 0.215. The van der Waals surface area contributed by atoms with Crippen molar-refractivity contribution in [2.24, 2.45) is 0 Å². The molecule has 2 heterocycles. The minimum Gasteiger partial charge on any atom is -0.377 e. The third kappa shape index (κ3) is 2.97. The van der Waals surface area contributed by atoms with E-state index in [0.717, 1.165) is 32.4 Å². The molecule has 2 unspecified atom stereocenters. The van der Waals surface area contributed by atoms with Crippen LogP contribution in [0.3, 0.4) is 0 Å². The van der Waals surface area contributed by atoms with Crippen molar-refractivity contribution in [2.75, 3.05) is 20.2 Å². The molecule has 0 bridgehead atoms. The van der Waals surface area contributed by atoms with Gasteiger partial charge in [0.2, 0.25) is 5.91 Å². The fourth-order valence-corrected chi connectivity index (χ4v) is 3.41. The fraction of sp³-hybridized carbons (Fsp3) is 0.588. The number of nitrogens with one attached hydrogen (secondary N) is 1. The van der Waals surface area contributed by atoms with Crippen molar-refractivity contribution in [1.82, 2.24) is 10.2 Å². The summed E-state index contributed by atoms with van der Waals surface area (Å²) in [4.78, 5) is 14.7. The molecular weight excluding hydrogens is 264 g/mol. The fourth-order valence-electron chi connectivity index (χ4n) is 3.41. The molecular formula is C17H24N2O2. The highest BCUT2D eigenvalue weighted by molar-refractivity contribution is 5.82. The van der Waals surface area contributed by atoms with Crippen LogP contribution in [0.2, 0.25) is 0 Å². The summed E-state index contributed by atoms with van der Waals surface area (Å²) >= 11 is 0. The second-order valence-electron chi connectivity index (χ2n) is 6.42. The highest BCUT2D eigenvalue weighted by Crippen LogP contribution is 2.25. The SMILES string of the molecule is COC1(C)CCCN(C(=O)C2Cc3ccccc3CN2)C1. The Morgan fingerprint density at radius 3 is 2.90 bits per heavy atom. The van der Waals surface area contributed by atoms with Gasteiger partial charge in [-0.2, -0.15) is 0 Å². The first-order chi connectivity index (χ1) is 10.1. The van der Waals surface area contributed by atoms with Crippen LogP contribution in [0, 0.1) is 0 Å². The van der Waals surface area contributed by atoms with Gasteiger partial charge in [0.05, 0.1) is 11.6 Å². The first-order valence-corrected chi connectivity index (χ1v) is 7.75. The van der Waals surface area contributed by atoms with E-state index in [2.05, 4.69) is 36.5 Å². The molecule has 1 N–H and O–H groups in total. The van der Waals surface area contributed by atoms with Crippen LogP contribution in [0.5, 0.6) is 0 Å². The van der Waals surface area contributed by atoms with Crippen LogP contribution in [0.1, 0.15) is 30.9 Å². The van der Waals surface area contributed by atoms with Crippen LogP contribution in [0.15, 0.2) is 24.3 Å².